The van der Waals surface area contributed by atoms with Crippen molar-refractivity contribution in [1.82, 2.24) is 5.32 Å². The number of nitrogens with one attached hydrogen (secondary N) is 1. The smallest absolute Gasteiger partial charge is 0.142 e. The van der Waals surface area contributed by atoms with Crippen LogP contribution in [0, 0.1) is 11.7 Å². The Morgan fingerprint density at radius 1 is 1.50 bits per heavy atom. The second kappa shape index (κ2) is 5.02. The van der Waals surface area contributed by atoms with Gasteiger partial charge in [-0.3, -0.25) is 0 Å². The summed E-state index contributed by atoms with van der Waals surface area (Å²) in [6.45, 7) is 10.3. The summed E-state index contributed by atoms with van der Waals surface area (Å²) < 4.78 is 13.7. The molecule has 1 aromatic carbocycles. The highest BCUT2D eigenvalue weighted by molar-refractivity contribution is 6.30. The van der Waals surface area contributed by atoms with E-state index in [1.165, 1.54) is 0 Å². The fourth-order valence-electron chi connectivity index (χ4n) is 2.74. The average Bonchev–Trinajstić information content (AvgIpc) is 2.82. The Kier molecular flexibility index (Phi) is 3.79. The first-order valence-corrected chi connectivity index (χ1v) is 6.71. The van der Waals surface area contributed by atoms with Crippen LogP contribution < -0.4 is 5.32 Å². The fourth-order valence-corrected chi connectivity index (χ4v) is 2.86. The molecule has 1 N–H and O–H groups in total. The van der Waals surface area contributed by atoms with Crippen molar-refractivity contribution < 1.29 is 4.39 Å². The zero-order chi connectivity index (χ0) is 13.3. The molecule has 1 unspecified atom stereocenters. The van der Waals surface area contributed by atoms with Gasteiger partial charge in [-0.2, -0.15) is 0 Å². The van der Waals surface area contributed by atoms with Gasteiger partial charge in [0.25, 0.3) is 0 Å². The van der Waals surface area contributed by atoms with Crippen LogP contribution in [0.15, 0.2) is 30.4 Å². The van der Waals surface area contributed by atoms with Gasteiger partial charge in [0.2, 0.25) is 0 Å². The molecule has 1 aliphatic heterocycles. The maximum Gasteiger partial charge on any atom is 0.142 e. The first kappa shape index (κ1) is 13.6. The van der Waals surface area contributed by atoms with Crippen molar-refractivity contribution in [2.45, 2.75) is 25.7 Å². The summed E-state index contributed by atoms with van der Waals surface area (Å²) in [4.78, 5) is 0. The van der Waals surface area contributed by atoms with Gasteiger partial charge < -0.3 is 5.32 Å². The molecular weight excluding hydrogens is 249 g/mol. The van der Waals surface area contributed by atoms with E-state index in [-0.39, 0.29) is 16.3 Å². The van der Waals surface area contributed by atoms with Gasteiger partial charge >= 0.3 is 0 Å². The summed E-state index contributed by atoms with van der Waals surface area (Å²) in [5.41, 5.74) is 1.99. The normalized spacial score (nSPS) is 23.6. The molecule has 1 heterocycles. The van der Waals surface area contributed by atoms with Gasteiger partial charge in [0.05, 0.1) is 5.02 Å². The monoisotopic (exact) mass is 267 g/mol. The molecule has 0 bridgehead atoms. The third-order valence-corrected chi connectivity index (χ3v) is 4.25. The van der Waals surface area contributed by atoms with Crippen molar-refractivity contribution in [2.24, 2.45) is 5.92 Å². The number of halogens is 2. The molecule has 0 saturated carbocycles. The summed E-state index contributed by atoms with van der Waals surface area (Å²) in [7, 11) is 0. The Hall–Kier alpha value is -0.860. The van der Waals surface area contributed by atoms with Crippen LogP contribution in [0.25, 0.3) is 0 Å². The van der Waals surface area contributed by atoms with Gasteiger partial charge in [-0.1, -0.05) is 43.7 Å². The predicted molar refractivity (Wildman–Crippen MR) is 74.6 cm³/mol. The Morgan fingerprint density at radius 2 is 2.22 bits per heavy atom. The minimum Gasteiger partial charge on any atom is -0.315 e. The van der Waals surface area contributed by atoms with E-state index < -0.39 is 0 Å². The minimum absolute atomic E-state index is 0.153. The second-order valence-electron chi connectivity index (χ2n) is 5.32. The number of hydrogen-bond donors (Lipinski definition) is 1. The average molecular weight is 268 g/mol. The van der Waals surface area contributed by atoms with Crippen LogP contribution >= 0.6 is 11.6 Å². The van der Waals surface area contributed by atoms with Crippen LogP contribution in [0.3, 0.4) is 0 Å². The van der Waals surface area contributed by atoms with Crippen molar-refractivity contribution in [3.05, 3.63) is 46.8 Å². The Balaban J connectivity index is 2.47. The van der Waals surface area contributed by atoms with E-state index in [0.717, 1.165) is 30.6 Å². The molecule has 1 saturated heterocycles. The van der Waals surface area contributed by atoms with Crippen LogP contribution in [0.4, 0.5) is 4.39 Å². The Bertz CT molecular complexity index is 462. The maximum atomic E-state index is 13.7. The van der Waals surface area contributed by atoms with E-state index in [1.807, 2.05) is 6.07 Å². The van der Waals surface area contributed by atoms with E-state index in [0.29, 0.717) is 5.92 Å². The van der Waals surface area contributed by atoms with Gasteiger partial charge in [0.15, 0.2) is 0 Å². The number of hydrogen-bond acceptors (Lipinski definition) is 1. The van der Waals surface area contributed by atoms with Crippen LogP contribution in [0.1, 0.15) is 25.8 Å². The van der Waals surface area contributed by atoms with Gasteiger partial charge in [-0.05, 0) is 36.6 Å². The van der Waals surface area contributed by atoms with E-state index in [1.54, 1.807) is 12.1 Å². The summed E-state index contributed by atoms with van der Waals surface area (Å²) in [5, 5.41) is 3.54. The summed E-state index contributed by atoms with van der Waals surface area (Å²) in [5.74, 6) is 0.0284. The minimum atomic E-state index is -0.350. The quantitative estimate of drug-likeness (QED) is 0.819. The summed E-state index contributed by atoms with van der Waals surface area (Å²) in [6.07, 6.45) is 0.963. The molecule has 98 valence electrons. The van der Waals surface area contributed by atoms with Crippen molar-refractivity contribution >= 4 is 11.6 Å². The zero-order valence-corrected chi connectivity index (χ0v) is 11.6. The first-order chi connectivity index (χ1) is 8.47. The molecule has 2 rings (SSSR count). The van der Waals surface area contributed by atoms with E-state index in [9.17, 15) is 4.39 Å². The Labute approximate surface area is 113 Å². The number of rotatable bonds is 3. The second-order valence-corrected chi connectivity index (χ2v) is 5.72. The molecule has 1 atom stereocenters. The molecule has 1 aliphatic rings. The standard InChI is InChI=1S/C15H19ClFN/c1-10(2)11(3)15(6-7-18-9-15)12-4-5-13(16)14(17)8-12/h4-5,8,10,18H,3,6-7,9H2,1-2H3. The highest BCUT2D eigenvalue weighted by Gasteiger charge is 2.39. The van der Waals surface area contributed by atoms with Crippen molar-refractivity contribution in [2.75, 3.05) is 13.1 Å². The highest BCUT2D eigenvalue weighted by atomic mass is 35.5. The van der Waals surface area contributed by atoms with Crippen molar-refractivity contribution in [3.8, 4) is 0 Å². The molecule has 1 fully saturated rings. The highest BCUT2D eigenvalue weighted by Crippen LogP contribution is 2.41. The molecular formula is C15H19ClFN. The van der Waals surface area contributed by atoms with Crippen LogP contribution in [-0.2, 0) is 5.41 Å². The summed E-state index contributed by atoms with van der Waals surface area (Å²) in [6, 6.07) is 5.12. The molecule has 18 heavy (non-hydrogen) atoms. The number of benzene rings is 1. The lowest BCUT2D eigenvalue weighted by atomic mass is 9.70. The van der Waals surface area contributed by atoms with E-state index in [4.69, 9.17) is 11.6 Å². The lowest BCUT2D eigenvalue weighted by Gasteiger charge is -2.34. The topological polar surface area (TPSA) is 12.0 Å². The molecule has 3 heteroatoms. The van der Waals surface area contributed by atoms with Crippen LogP contribution in [-0.4, -0.2) is 13.1 Å². The molecule has 1 nitrogen and oxygen atoms in total. The third-order valence-electron chi connectivity index (χ3n) is 3.94. The van der Waals surface area contributed by atoms with Gasteiger partial charge in [0.1, 0.15) is 5.82 Å². The van der Waals surface area contributed by atoms with Crippen molar-refractivity contribution in [3.63, 3.8) is 0 Å². The maximum absolute atomic E-state index is 13.7. The van der Waals surface area contributed by atoms with E-state index in [2.05, 4.69) is 25.7 Å². The van der Waals surface area contributed by atoms with Gasteiger partial charge in [-0.15, -0.1) is 0 Å². The first-order valence-electron chi connectivity index (χ1n) is 6.33. The lowest BCUT2D eigenvalue weighted by molar-refractivity contribution is 0.493. The molecule has 0 aromatic heterocycles. The molecule has 0 spiro atoms. The van der Waals surface area contributed by atoms with Crippen LogP contribution in [0.5, 0.6) is 0 Å². The molecule has 0 radical (unpaired) electrons. The zero-order valence-electron chi connectivity index (χ0n) is 10.9. The van der Waals surface area contributed by atoms with Gasteiger partial charge in [-0.25, -0.2) is 4.39 Å². The predicted octanol–water partition coefficient (Wildman–Crippen LogP) is 3.92. The van der Waals surface area contributed by atoms with Gasteiger partial charge in [0, 0.05) is 12.0 Å². The third kappa shape index (κ3) is 2.19. The fraction of sp³-hybridized carbons (Fsp3) is 0.467. The van der Waals surface area contributed by atoms with Crippen molar-refractivity contribution in [1.29, 1.82) is 0 Å². The SMILES string of the molecule is C=C(C(C)C)C1(c2ccc(Cl)c(F)c2)CCNC1. The largest absolute Gasteiger partial charge is 0.315 e. The molecule has 1 aromatic rings. The Morgan fingerprint density at radius 3 is 2.72 bits per heavy atom. The lowest BCUT2D eigenvalue weighted by Crippen LogP contribution is -2.33. The van der Waals surface area contributed by atoms with E-state index >= 15 is 0 Å². The van der Waals surface area contributed by atoms with Crippen LogP contribution in [0.2, 0.25) is 5.02 Å². The molecule has 0 amide bonds. The molecule has 0 aliphatic carbocycles. The summed E-state index contributed by atoms with van der Waals surface area (Å²) >= 11 is 5.76.